The quantitative estimate of drug-likeness (QED) is 0.281. The number of hydrogen-bond donors (Lipinski definition) is 1. The number of hydrogen-bond acceptors (Lipinski definition) is 1. The number of nitrogens with one attached hydrogen (secondary N) is 1. The van der Waals surface area contributed by atoms with Gasteiger partial charge in [-0.25, -0.2) is 8.93 Å². The van der Waals surface area contributed by atoms with Crippen LogP contribution in [0.2, 0.25) is 0 Å². The Morgan fingerprint density at radius 2 is 1.18 bits per heavy atom. The Bertz CT molecular complexity index is 1170. The Morgan fingerprint density at radius 3 is 1.71 bits per heavy atom. The minimum Gasteiger partial charge on any atom is -0.242 e. The smallest absolute Gasteiger partial charge is 0.0976 e. The van der Waals surface area contributed by atoms with Crippen molar-refractivity contribution in [3.63, 3.8) is 0 Å². The Morgan fingerprint density at radius 1 is 0.706 bits per heavy atom. The third kappa shape index (κ3) is 6.10. The highest BCUT2D eigenvalue weighted by molar-refractivity contribution is 7.84. The SMILES string of the molecule is CC(C)(C)[S@@](=O)NC(CP(c1ccccc1)c1ccccc1)c1ccccc1-c1ccccc1. The summed E-state index contributed by atoms with van der Waals surface area (Å²) in [7, 11) is -1.86. The van der Waals surface area contributed by atoms with Gasteiger partial charge in [-0.05, 0) is 62.2 Å². The van der Waals surface area contributed by atoms with Gasteiger partial charge in [0.25, 0.3) is 0 Å². The van der Waals surface area contributed by atoms with Gasteiger partial charge < -0.3 is 0 Å². The molecule has 0 fully saturated rings. The van der Waals surface area contributed by atoms with Gasteiger partial charge in [-0.3, -0.25) is 0 Å². The van der Waals surface area contributed by atoms with E-state index in [-0.39, 0.29) is 10.8 Å². The summed E-state index contributed by atoms with van der Waals surface area (Å²) in [5.74, 6) is 0. The van der Waals surface area contributed by atoms with Gasteiger partial charge in [-0.1, -0.05) is 115 Å². The van der Waals surface area contributed by atoms with Gasteiger partial charge >= 0.3 is 0 Å². The molecule has 0 heterocycles. The number of rotatable bonds is 8. The van der Waals surface area contributed by atoms with Crippen molar-refractivity contribution in [3.8, 4) is 11.1 Å². The van der Waals surface area contributed by atoms with E-state index in [9.17, 15) is 4.21 Å². The first-order valence-electron chi connectivity index (χ1n) is 11.6. The van der Waals surface area contributed by atoms with Gasteiger partial charge in [0.15, 0.2) is 0 Å². The average Bonchev–Trinajstić information content (AvgIpc) is 2.87. The molecule has 0 saturated carbocycles. The third-order valence-corrected chi connectivity index (χ3v) is 9.91. The van der Waals surface area contributed by atoms with E-state index in [0.717, 1.165) is 6.16 Å². The zero-order valence-corrected chi connectivity index (χ0v) is 21.7. The van der Waals surface area contributed by atoms with E-state index in [2.05, 4.69) is 114 Å². The molecule has 2 nitrogen and oxygen atoms in total. The normalized spacial score (nSPS) is 13.5. The summed E-state index contributed by atoms with van der Waals surface area (Å²) >= 11 is 0. The lowest BCUT2D eigenvalue weighted by Crippen LogP contribution is -2.37. The standard InChI is InChI=1S/C30H32NOPS/c1-30(2,3)34(32)31-29(28-22-14-13-21-27(28)24-15-7-4-8-16-24)23-33(25-17-9-5-10-18-25)26-19-11-6-12-20-26/h4-22,29,31H,23H2,1-3H3/t29?,34-/m1/s1. The van der Waals surface area contributed by atoms with Crippen LogP contribution >= 0.6 is 7.92 Å². The Kier molecular flexibility index (Phi) is 8.11. The molecule has 1 unspecified atom stereocenters. The van der Waals surface area contributed by atoms with Crippen LogP contribution in [0.3, 0.4) is 0 Å². The van der Waals surface area contributed by atoms with E-state index < -0.39 is 18.9 Å². The first-order chi connectivity index (χ1) is 16.4. The van der Waals surface area contributed by atoms with E-state index in [1.807, 2.05) is 26.8 Å². The fourth-order valence-electron chi connectivity index (χ4n) is 3.94. The molecule has 4 rings (SSSR count). The molecule has 0 aromatic heterocycles. The Balaban J connectivity index is 1.80. The molecule has 2 atom stereocenters. The molecule has 0 saturated heterocycles. The fraction of sp³-hybridized carbons (Fsp3) is 0.200. The van der Waals surface area contributed by atoms with Crippen molar-refractivity contribution in [1.82, 2.24) is 4.72 Å². The Labute approximate surface area is 207 Å². The van der Waals surface area contributed by atoms with Crippen LogP contribution in [0.5, 0.6) is 0 Å². The van der Waals surface area contributed by atoms with Crippen molar-refractivity contribution >= 4 is 29.5 Å². The van der Waals surface area contributed by atoms with Gasteiger partial charge in [0.2, 0.25) is 0 Å². The van der Waals surface area contributed by atoms with Gasteiger partial charge in [-0.2, -0.15) is 0 Å². The molecule has 0 aliphatic heterocycles. The lowest BCUT2D eigenvalue weighted by molar-refractivity contribution is 0.618. The molecule has 0 spiro atoms. The first-order valence-corrected chi connectivity index (χ1v) is 14.3. The summed E-state index contributed by atoms with van der Waals surface area (Å²) in [4.78, 5) is 0. The molecule has 0 amide bonds. The molecule has 4 aromatic carbocycles. The zero-order valence-electron chi connectivity index (χ0n) is 20.0. The van der Waals surface area contributed by atoms with E-state index >= 15 is 0 Å². The molecular weight excluding hydrogens is 453 g/mol. The van der Waals surface area contributed by atoms with Crippen LogP contribution in [0.25, 0.3) is 11.1 Å². The highest BCUT2D eigenvalue weighted by Crippen LogP contribution is 2.40. The second-order valence-electron chi connectivity index (χ2n) is 9.29. The summed E-state index contributed by atoms with van der Waals surface area (Å²) < 4.78 is 16.5. The topological polar surface area (TPSA) is 29.1 Å². The summed E-state index contributed by atoms with van der Waals surface area (Å²) in [5.41, 5.74) is 3.54. The fourth-order valence-corrected chi connectivity index (χ4v) is 7.33. The van der Waals surface area contributed by atoms with Gasteiger partial charge in [0.05, 0.1) is 15.7 Å². The molecule has 0 aliphatic carbocycles. The molecule has 4 aromatic rings. The Hall–Kier alpha value is -2.58. The predicted octanol–water partition coefficient (Wildman–Crippen LogP) is 6.58. The highest BCUT2D eigenvalue weighted by Gasteiger charge is 2.28. The molecule has 34 heavy (non-hydrogen) atoms. The molecule has 0 bridgehead atoms. The van der Waals surface area contributed by atoms with Crippen LogP contribution in [0, 0.1) is 0 Å². The minimum absolute atomic E-state index is 0.0667. The van der Waals surface area contributed by atoms with Gasteiger partial charge in [-0.15, -0.1) is 0 Å². The van der Waals surface area contributed by atoms with E-state index in [4.69, 9.17) is 0 Å². The van der Waals surface area contributed by atoms with Gasteiger partial charge in [0.1, 0.15) is 0 Å². The van der Waals surface area contributed by atoms with Crippen LogP contribution in [0.1, 0.15) is 32.4 Å². The zero-order chi connectivity index (χ0) is 24.0. The predicted molar refractivity (Wildman–Crippen MR) is 150 cm³/mol. The van der Waals surface area contributed by atoms with Crippen LogP contribution in [-0.4, -0.2) is 15.1 Å². The van der Waals surface area contributed by atoms with Crippen molar-refractivity contribution in [2.45, 2.75) is 31.6 Å². The lowest BCUT2D eigenvalue weighted by atomic mass is 9.96. The lowest BCUT2D eigenvalue weighted by Gasteiger charge is -2.30. The van der Waals surface area contributed by atoms with Crippen LogP contribution in [0.15, 0.2) is 115 Å². The van der Waals surface area contributed by atoms with Crippen molar-refractivity contribution in [2.75, 3.05) is 6.16 Å². The number of benzene rings is 4. The molecule has 174 valence electrons. The third-order valence-electron chi connectivity index (χ3n) is 5.73. The van der Waals surface area contributed by atoms with Crippen molar-refractivity contribution < 1.29 is 4.21 Å². The van der Waals surface area contributed by atoms with E-state index in [1.54, 1.807) is 0 Å². The second-order valence-corrected chi connectivity index (χ2v) is 13.5. The molecule has 0 aliphatic rings. The maximum absolute atomic E-state index is 13.4. The average molecular weight is 486 g/mol. The second kappa shape index (κ2) is 11.2. The summed E-state index contributed by atoms with van der Waals surface area (Å²) in [6, 6.07) is 40.4. The van der Waals surface area contributed by atoms with Crippen molar-refractivity contribution in [3.05, 3.63) is 121 Å². The summed E-state index contributed by atoms with van der Waals surface area (Å²) in [5, 5.41) is 2.66. The maximum atomic E-state index is 13.4. The van der Waals surface area contributed by atoms with Crippen LogP contribution in [-0.2, 0) is 11.0 Å². The van der Waals surface area contributed by atoms with Crippen molar-refractivity contribution in [2.24, 2.45) is 0 Å². The first kappa shape index (κ1) is 24.5. The molecular formula is C30H32NOPS. The highest BCUT2D eigenvalue weighted by atomic mass is 32.2. The van der Waals surface area contributed by atoms with Gasteiger partial charge in [0, 0.05) is 6.04 Å². The largest absolute Gasteiger partial charge is 0.242 e. The van der Waals surface area contributed by atoms with Crippen LogP contribution < -0.4 is 15.3 Å². The maximum Gasteiger partial charge on any atom is 0.0976 e. The molecule has 1 N–H and O–H groups in total. The van der Waals surface area contributed by atoms with E-state index in [1.165, 1.54) is 27.3 Å². The molecule has 0 radical (unpaired) electrons. The summed E-state index contributed by atoms with van der Waals surface area (Å²) in [6.07, 6.45) is 0.856. The summed E-state index contributed by atoms with van der Waals surface area (Å²) in [6.45, 7) is 6.06. The van der Waals surface area contributed by atoms with Crippen molar-refractivity contribution in [1.29, 1.82) is 0 Å². The molecule has 4 heteroatoms. The van der Waals surface area contributed by atoms with E-state index in [0.29, 0.717) is 0 Å². The monoisotopic (exact) mass is 485 g/mol. The minimum atomic E-state index is -1.20. The van der Waals surface area contributed by atoms with Crippen LogP contribution in [0.4, 0.5) is 0 Å².